The van der Waals surface area contributed by atoms with Crippen LogP contribution in [0.4, 0.5) is 0 Å². The zero-order chi connectivity index (χ0) is 23.7. The number of aryl methyl sites for hydroxylation is 1. The molecule has 0 spiro atoms. The summed E-state index contributed by atoms with van der Waals surface area (Å²) >= 11 is 0. The summed E-state index contributed by atoms with van der Waals surface area (Å²) in [5, 5.41) is 2.93. The molecule has 1 N–H and O–H groups in total. The minimum atomic E-state index is -0.157. The van der Waals surface area contributed by atoms with Gasteiger partial charge in [0.05, 0.1) is 19.9 Å². The molecule has 0 saturated heterocycles. The molecule has 2 fully saturated rings. The van der Waals surface area contributed by atoms with Crippen molar-refractivity contribution in [3.8, 4) is 5.75 Å². The molecule has 0 bridgehead atoms. The SMILES string of the molecule is COc1ccc2c(c1)CCC1C2CC[C@]2(C)C(=O)C[C@@H](CCCCC(=O)NCc3ccco3)C12. The maximum atomic E-state index is 13.2. The molecule has 1 heterocycles. The molecular weight excluding hydrogens is 426 g/mol. The Hall–Kier alpha value is -2.56. The van der Waals surface area contributed by atoms with Gasteiger partial charge in [-0.3, -0.25) is 9.59 Å². The van der Waals surface area contributed by atoms with Crippen molar-refractivity contribution in [3.63, 3.8) is 0 Å². The van der Waals surface area contributed by atoms with E-state index in [2.05, 4.69) is 30.4 Å². The van der Waals surface area contributed by atoms with Gasteiger partial charge in [-0.1, -0.05) is 19.4 Å². The van der Waals surface area contributed by atoms with E-state index in [4.69, 9.17) is 9.15 Å². The lowest BCUT2D eigenvalue weighted by atomic mass is 9.54. The van der Waals surface area contributed by atoms with Crippen LogP contribution in [0.2, 0.25) is 0 Å². The quantitative estimate of drug-likeness (QED) is 0.501. The molecule has 0 aliphatic heterocycles. The number of ketones is 1. The number of amides is 1. The number of fused-ring (bicyclic) bond motifs is 5. The number of hydrogen-bond acceptors (Lipinski definition) is 4. The van der Waals surface area contributed by atoms with Gasteiger partial charge in [0.1, 0.15) is 17.3 Å². The van der Waals surface area contributed by atoms with Gasteiger partial charge < -0.3 is 14.5 Å². The number of furan rings is 1. The number of unbranched alkanes of at least 4 members (excludes halogenated alkanes) is 1. The number of nitrogens with one attached hydrogen (secondary N) is 1. The lowest BCUT2D eigenvalue weighted by molar-refractivity contribution is -0.129. The Morgan fingerprint density at radius 3 is 2.91 bits per heavy atom. The van der Waals surface area contributed by atoms with Crippen molar-refractivity contribution in [2.24, 2.45) is 23.2 Å². The van der Waals surface area contributed by atoms with Crippen molar-refractivity contribution in [2.45, 2.75) is 77.2 Å². The standard InChI is InChI=1S/C29H37NO4/c1-29-14-13-24-23-12-10-21(33-2)16-19(23)9-11-25(24)28(29)20(17-26(29)31)6-3-4-8-27(32)30-18-22-7-5-15-34-22/h5,7,10,12,15-16,20,24-25,28H,3-4,6,8-9,11,13-14,17-18H2,1-2H3,(H,30,32)/t20-,24?,25?,28?,29-/m1/s1. The summed E-state index contributed by atoms with van der Waals surface area (Å²) in [4.78, 5) is 25.4. The topological polar surface area (TPSA) is 68.5 Å². The summed E-state index contributed by atoms with van der Waals surface area (Å²) in [6.07, 6.45) is 10.2. The van der Waals surface area contributed by atoms with E-state index in [0.29, 0.717) is 42.4 Å². The lowest BCUT2D eigenvalue weighted by Crippen LogP contribution is -2.44. The predicted octanol–water partition coefficient (Wildman–Crippen LogP) is 5.82. The van der Waals surface area contributed by atoms with Crippen molar-refractivity contribution in [3.05, 3.63) is 53.5 Å². The number of carbonyl (C=O) groups is 2. The zero-order valence-electron chi connectivity index (χ0n) is 20.5. The van der Waals surface area contributed by atoms with Gasteiger partial charge in [0.2, 0.25) is 5.91 Å². The summed E-state index contributed by atoms with van der Waals surface area (Å²) in [7, 11) is 1.73. The van der Waals surface area contributed by atoms with E-state index in [9.17, 15) is 9.59 Å². The van der Waals surface area contributed by atoms with Crippen LogP contribution in [0.25, 0.3) is 0 Å². The Bertz CT molecular complexity index is 1030. The average Bonchev–Trinajstić information content (AvgIpc) is 3.46. The molecule has 5 rings (SSSR count). The second-order valence-corrected chi connectivity index (χ2v) is 10.8. The first-order chi connectivity index (χ1) is 16.5. The van der Waals surface area contributed by atoms with Gasteiger partial charge in [0, 0.05) is 18.3 Å². The molecule has 5 heteroatoms. The van der Waals surface area contributed by atoms with Crippen LogP contribution in [0.1, 0.15) is 81.1 Å². The number of carbonyl (C=O) groups excluding carboxylic acids is 2. The highest BCUT2D eigenvalue weighted by Gasteiger charge is 2.58. The minimum absolute atomic E-state index is 0.0702. The Morgan fingerprint density at radius 1 is 1.24 bits per heavy atom. The molecule has 5 nitrogen and oxygen atoms in total. The highest BCUT2D eigenvalue weighted by atomic mass is 16.5. The lowest BCUT2D eigenvalue weighted by Gasteiger charge is -2.50. The highest BCUT2D eigenvalue weighted by Crippen LogP contribution is 2.62. The maximum absolute atomic E-state index is 13.2. The highest BCUT2D eigenvalue weighted by molar-refractivity contribution is 5.87. The number of ether oxygens (including phenoxy) is 1. The number of benzene rings is 1. The largest absolute Gasteiger partial charge is 0.497 e. The van der Waals surface area contributed by atoms with Crippen LogP contribution < -0.4 is 10.1 Å². The normalized spacial score (nSPS) is 29.8. The maximum Gasteiger partial charge on any atom is 0.220 e. The van der Waals surface area contributed by atoms with Crippen LogP contribution in [0.5, 0.6) is 5.75 Å². The van der Waals surface area contributed by atoms with E-state index in [0.717, 1.165) is 56.5 Å². The zero-order valence-corrected chi connectivity index (χ0v) is 20.5. The summed E-state index contributed by atoms with van der Waals surface area (Å²) in [5.74, 6) is 4.36. The first-order valence-electron chi connectivity index (χ1n) is 13.0. The van der Waals surface area contributed by atoms with Gasteiger partial charge in [0.15, 0.2) is 0 Å². The second kappa shape index (κ2) is 9.59. The number of rotatable bonds is 8. The average molecular weight is 464 g/mol. The van der Waals surface area contributed by atoms with Crippen LogP contribution in [-0.4, -0.2) is 18.8 Å². The van der Waals surface area contributed by atoms with Crippen molar-refractivity contribution >= 4 is 11.7 Å². The van der Waals surface area contributed by atoms with Gasteiger partial charge >= 0.3 is 0 Å². The van der Waals surface area contributed by atoms with E-state index in [-0.39, 0.29) is 11.3 Å². The number of Topliss-reactive ketones (excluding diaryl/α,β-unsaturated/α-hetero) is 1. The van der Waals surface area contributed by atoms with Crippen LogP contribution in [-0.2, 0) is 22.6 Å². The van der Waals surface area contributed by atoms with E-state index < -0.39 is 0 Å². The molecule has 2 aromatic rings. The molecule has 1 aromatic heterocycles. The van der Waals surface area contributed by atoms with Crippen molar-refractivity contribution in [1.29, 1.82) is 0 Å². The van der Waals surface area contributed by atoms with Gasteiger partial charge in [-0.2, -0.15) is 0 Å². The molecule has 2 saturated carbocycles. The summed E-state index contributed by atoms with van der Waals surface area (Å²) in [5.41, 5.74) is 2.77. The van der Waals surface area contributed by atoms with E-state index in [1.807, 2.05) is 12.1 Å². The van der Waals surface area contributed by atoms with Crippen molar-refractivity contribution < 1.29 is 18.7 Å². The van der Waals surface area contributed by atoms with Gasteiger partial charge in [0.25, 0.3) is 0 Å². The van der Waals surface area contributed by atoms with Gasteiger partial charge in [-0.25, -0.2) is 0 Å². The molecule has 182 valence electrons. The van der Waals surface area contributed by atoms with Crippen LogP contribution in [0, 0.1) is 23.2 Å². The van der Waals surface area contributed by atoms with Gasteiger partial charge in [-0.15, -0.1) is 0 Å². The first-order valence-corrected chi connectivity index (χ1v) is 13.0. The fourth-order valence-electron chi connectivity index (χ4n) is 7.39. The summed E-state index contributed by atoms with van der Waals surface area (Å²) < 4.78 is 10.7. The molecular formula is C29H37NO4. The molecule has 3 aliphatic carbocycles. The van der Waals surface area contributed by atoms with E-state index >= 15 is 0 Å². The molecule has 5 atom stereocenters. The van der Waals surface area contributed by atoms with E-state index in [1.165, 1.54) is 17.5 Å². The Labute approximate surface area is 202 Å². The fourth-order valence-corrected chi connectivity index (χ4v) is 7.39. The number of methoxy groups -OCH3 is 1. The summed E-state index contributed by atoms with van der Waals surface area (Å²) in [6, 6.07) is 10.3. The molecule has 1 amide bonds. The third kappa shape index (κ3) is 4.30. The third-order valence-corrected chi connectivity index (χ3v) is 9.05. The Kier molecular flexibility index (Phi) is 6.54. The van der Waals surface area contributed by atoms with Crippen LogP contribution in [0.15, 0.2) is 41.0 Å². The van der Waals surface area contributed by atoms with Crippen molar-refractivity contribution in [2.75, 3.05) is 7.11 Å². The van der Waals surface area contributed by atoms with Crippen LogP contribution in [0.3, 0.4) is 0 Å². The summed E-state index contributed by atoms with van der Waals surface area (Å²) in [6.45, 7) is 2.70. The first kappa shape index (κ1) is 23.2. The Balaban J connectivity index is 1.20. The molecule has 0 radical (unpaired) electrons. The molecule has 3 unspecified atom stereocenters. The molecule has 1 aromatic carbocycles. The minimum Gasteiger partial charge on any atom is -0.497 e. The number of hydrogen-bond donors (Lipinski definition) is 1. The predicted molar refractivity (Wildman–Crippen MR) is 131 cm³/mol. The third-order valence-electron chi connectivity index (χ3n) is 9.05. The van der Waals surface area contributed by atoms with E-state index in [1.54, 1.807) is 13.4 Å². The monoisotopic (exact) mass is 463 g/mol. The second-order valence-electron chi connectivity index (χ2n) is 10.8. The molecule has 3 aliphatic rings. The Morgan fingerprint density at radius 2 is 2.12 bits per heavy atom. The fraction of sp³-hybridized carbons (Fsp3) is 0.586. The smallest absolute Gasteiger partial charge is 0.220 e. The van der Waals surface area contributed by atoms with Crippen LogP contribution >= 0.6 is 0 Å². The molecule has 34 heavy (non-hydrogen) atoms. The van der Waals surface area contributed by atoms with Crippen molar-refractivity contribution in [1.82, 2.24) is 5.32 Å². The van der Waals surface area contributed by atoms with Gasteiger partial charge in [-0.05, 0) is 97.6 Å².